The van der Waals surface area contributed by atoms with E-state index in [1.807, 2.05) is 0 Å². The van der Waals surface area contributed by atoms with Gasteiger partial charge in [0.25, 0.3) is 0 Å². The second-order valence-corrected chi connectivity index (χ2v) is 5.42. The zero-order chi connectivity index (χ0) is 14.5. The second-order valence-electron chi connectivity index (χ2n) is 4.66. The Labute approximate surface area is 128 Å². The van der Waals surface area contributed by atoms with Crippen molar-refractivity contribution in [2.45, 2.75) is 31.8 Å². The number of halogens is 2. The van der Waals surface area contributed by atoms with Crippen LogP contribution in [0.4, 0.5) is 0 Å². The summed E-state index contributed by atoms with van der Waals surface area (Å²) in [6, 6.07) is 3.56. The van der Waals surface area contributed by atoms with Crippen LogP contribution in [-0.2, 0) is 9.53 Å². The molecule has 1 aliphatic carbocycles. The first kappa shape index (κ1) is 15.2. The highest BCUT2D eigenvalue weighted by molar-refractivity contribution is 6.43. The maximum atomic E-state index is 11.1. The van der Waals surface area contributed by atoms with E-state index < -0.39 is 5.97 Å². The molecule has 1 aliphatic rings. The van der Waals surface area contributed by atoms with Crippen molar-refractivity contribution < 1.29 is 14.3 Å². The topological polar surface area (TPSA) is 35.5 Å². The van der Waals surface area contributed by atoms with Gasteiger partial charge in [0.05, 0.1) is 18.2 Å². The maximum Gasteiger partial charge on any atom is 0.330 e. The summed E-state index contributed by atoms with van der Waals surface area (Å²) in [7, 11) is 1.32. The van der Waals surface area contributed by atoms with E-state index in [9.17, 15) is 4.79 Å². The molecule has 108 valence electrons. The van der Waals surface area contributed by atoms with Crippen LogP contribution in [-0.4, -0.2) is 19.2 Å². The molecule has 1 aromatic carbocycles. The van der Waals surface area contributed by atoms with Crippen LogP contribution in [0.5, 0.6) is 5.75 Å². The van der Waals surface area contributed by atoms with E-state index in [1.54, 1.807) is 18.2 Å². The third-order valence-corrected chi connectivity index (χ3v) is 4.15. The van der Waals surface area contributed by atoms with Crippen molar-refractivity contribution in [2.24, 2.45) is 0 Å². The molecule has 0 aliphatic heterocycles. The Morgan fingerprint density at radius 1 is 1.25 bits per heavy atom. The summed E-state index contributed by atoms with van der Waals surface area (Å²) in [5.74, 6) is 0.155. The van der Waals surface area contributed by atoms with Gasteiger partial charge in [-0.2, -0.15) is 0 Å². The molecule has 5 heteroatoms. The van der Waals surface area contributed by atoms with Crippen molar-refractivity contribution in [3.63, 3.8) is 0 Å². The van der Waals surface area contributed by atoms with Crippen LogP contribution in [0.1, 0.15) is 31.2 Å². The van der Waals surface area contributed by atoms with Gasteiger partial charge in [-0.05, 0) is 49.5 Å². The van der Waals surface area contributed by atoms with Gasteiger partial charge < -0.3 is 9.47 Å². The van der Waals surface area contributed by atoms with Crippen molar-refractivity contribution in [1.29, 1.82) is 0 Å². The fourth-order valence-electron chi connectivity index (χ4n) is 2.18. The molecule has 0 radical (unpaired) electrons. The number of methoxy groups -OCH3 is 1. The minimum Gasteiger partial charge on any atom is -0.489 e. The van der Waals surface area contributed by atoms with Gasteiger partial charge in [0.1, 0.15) is 10.8 Å². The third-order valence-electron chi connectivity index (χ3n) is 3.27. The molecule has 0 bridgehead atoms. The van der Waals surface area contributed by atoms with Crippen molar-refractivity contribution in [3.05, 3.63) is 33.8 Å². The van der Waals surface area contributed by atoms with Crippen molar-refractivity contribution in [3.8, 4) is 5.75 Å². The number of benzene rings is 1. The zero-order valence-electron chi connectivity index (χ0n) is 11.2. The third kappa shape index (κ3) is 3.68. The standard InChI is InChI=1S/C15H16Cl2O3/c1-19-13(18)9-7-10-6-8-12(15(17)14(10)16)20-11-4-2-3-5-11/h6-9,11H,2-5H2,1H3. The molecule has 20 heavy (non-hydrogen) atoms. The van der Waals surface area contributed by atoms with Gasteiger partial charge >= 0.3 is 5.97 Å². The number of ether oxygens (including phenoxy) is 2. The Morgan fingerprint density at radius 3 is 2.60 bits per heavy atom. The summed E-state index contributed by atoms with van der Waals surface area (Å²) >= 11 is 12.4. The van der Waals surface area contributed by atoms with Crippen LogP contribution >= 0.6 is 23.2 Å². The Hall–Kier alpha value is -1.19. The largest absolute Gasteiger partial charge is 0.489 e. The lowest BCUT2D eigenvalue weighted by Crippen LogP contribution is -2.11. The molecular weight excluding hydrogens is 299 g/mol. The number of hydrogen-bond donors (Lipinski definition) is 0. The van der Waals surface area contributed by atoms with E-state index in [2.05, 4.69) is 4.74 Å². The van der Waals surface area contributed by atoms with Crippen molar-refractivity contribution in [1.82, 2.24) is 0 Å². The second kappa shape index (κ2) is 7.00. The summed E-state index contributed by atoms with van der Waals surface area (Å²) < 4.78 is 10.4. The smallest absolute Gasteiger partial charge is 0.330 e. The minimum absolute atomic E-state index is 0.222. The number of carbonyl (C=O) groups excluding carboxylic acids is 1. The molecule has 0 aromatic heterocycles. The van der Waals surface area contributed by atoms with Gasteiger partial charge in [-0.3, -0.25) is 0 Å². The molecule has 0 heterocycles. The predicted octanol–water partition coefficient (Wildman–Crippen LogP) is 4.50. The molecule has 0 amide bonds. The molecule has 0 saturated heterocycles. The number of rotatable bonds is 4. The fourth-order valence-corrected chi connectivity index (χ4v) is 2.61. The molecule has 0 unspecified atom stereocenters. The normalized spacial score (nSPS) is 15.8. The summed E-state index contributed by atoms with van der Waals surface area (Å²) in [4.78, 5) is 11.1. The van der Waals surface area contributed by atoms with E-state index in [0.717, 1.165) is 12.8 Å². The molecule has 3 nitrogen and oxygen atoms in total. The van der Waals surface area contributed by atoms with Gasteiger partial charge in [-0.15, -0.1) is 0 Å². The van der Waals surface area contributed by atoms with E-state index in [4.69, 9.17) is 27.9 Å². The quantitative estimate of drug-likeness (QED) is 0.606. The van der Waals surface area contributed by atoms with Crippen LogP contribution in [0, 0.1) is 0 Å². The maximum absolute atomic E-state index is 11.1. The number of esters is 1. The summed E-state index contributed by atoms with van der Waals surface area (Å²) in [5.41, 5.74) is 0.654. The summed E-state index contributed by atoms with van der Waals surface area (Å²) in [6.45, 7) is 0. The average molecular weight is 315 g/mol. The van der Waals surface area contributed by atoms with Gasteiger partial charge in [0.15, 0.2) is 0 Å². The Morgan fingerprint density at radius 2 is 1.95 bits per heavy atom. The van der Waals surface area contributed by atoms with E-state index in [-0.39, 0.29) is 6.10 Å². The first-order chi connectivity index (χ1) is 9.61. The van der Waals surface area contributed by atoms with Gasteiger partial charge in [0, 0.05) is 6.08 Å². The van der Waals surface area contributed by atoms with E-state index in [1.165, 1.54) is 26.0 Å². The van der Waals surface area contributed by atoms with Gasteiger partial charge in [-0.1, -0.05) is 23.2 Å². The zero-order valence-corrected chi connectivity index (χ0v) is 12.7. The highest BCUT2D eigenvalue weighted by atomic mass is 35.5. The SMILES string of the molecule is COC(=O)C=Cc1ccc(OC2CCCC2)c(Cl)c1Cl. The molecule has 1 aromatic rings. The Balaban J connectivity index is 2.15. The molecule has 0 atom stereocenters. The predicted molar refractivity (Wildman–Crippen MR) is 80.4 cm³/mol. The first-order valence-electron chi connectivity index (χ1n) is 6.52. The Kier molecular flexibility index (Phi) is 5.32. The number of hydrogen-bond acceptors (Lipinski definition) is 3. The van der Waals surface area contributed by atoms with Crippen molar-refractivity contribution >= 4 is 35.2 Å². The van der Waals surface area contributed by atoms with Crippen molar-refractivity contribution in [2.75, 3.05) is 7.11 Å². The molecule has 1 saturated carbocycles. The van der Waals surface area contributed by atoms with Crippen LogP contribution in [0.25, 0.3) is 6.08 Å². The Bertz CT molecular complexity index is 520. The van der Waals surface area contributed by atoms with Crippen LogP contribution < -0.4 is 4.74 Å². The summed E-state index contributed by atoms with van der Waals surface area (Å²) in [6.07, 6.45) is 7.58. The highest BCUT2D eigenvalue weighted by Gasteiger charge is 2.19. The molecule has 0 N–H and O–H groups in total. The van der Waals surface area contributed by atoms with Crippen LogP contribution in [0.2, 0.25) is 10.0 Å². The molecular formula is C15H16Cl2O3. The molecule has 1 fully saturated rings. The number of carbonyl (C=O) groups is 1. The monoisotopic (exact) mass is 314 g/mol. The lowest BCUT2D eigenvalue weighted by molar-refractivity contribution is -0.134. The van der Waals surface area contributed by atoms with E-state index >= 15 is 0 Å². The minimum atomic E-state index is -0.441. The summed E-state index contributed by atoms with van der Waals surface area (Å²) in [5, 5.41) is 0.757. The van der Waals surface area contributed by atoms with Crippen LogP contribution in [0.3, 0.4) is 0 Å². The fraction of sp³-hybridized carbons (Fsp3) is 0.400. The first-order valence-corrected chi connectivity index (χ1v) is 7.28. The van der Waals surface area contributed by atoms with Crippen LogP contribution in [0.15, 0.2) is 18.2 Å². The molecule has 2 rings (SSSR count). The van der Waals surface area contributed by atoms with Gasteiger partial charge in [-0.25, -0.2) is 4.79 Å². The highest BCUT2D eigenvalue weighted by Crippen LogP contribution is 2.37. The lowest BCUT2D eigenvalue weighted by atomic mass is 10.2. The van der Waals surface area contributed by atoms with E-state index in [0.29, 0.717) is 21.4 Å². The average Bonchev–Trinajstić information content (AvgIpc) is 2.95. The molecule has 0 spiro atoms. The van der Waals surface area contributed by atoms with Gasteiger partial charge in [0.2, 0.25) is 0 Å². The lowest BCUT2D eigenvalue weighted by Gasteiger charge is -2.15.